The van der Waals surface area contributed by atoms with E-state index in [-0.39, 0.29) is 6.04 Å². The van der Waals surface area contributed by atoms with Crippen molar-refractivity contribution >= 4 is 15.9 Å². The number of rotatable bonds is 5. The van der Waals surface area contributed by atoms with E-state index in [2.05, 4.69) is 22.9 Å². The third kappa shape index (κ3) is 3.82. The third-order valence-corrected chi connectivity index (χ3v) is 3.67. The van der Waals surface area contributed by atoms with Gasteiger partial charge in [0, 0.05) is 10.5 Å². The van der Waals surface area contributed by atoms with Crippen molar-refractivity contribution in [1.29, 1.82) is 0 Å². The van der Waals surface area contributed by atoms with E-state index in [4.69, 9.17) is 10.5 Å². The van der Waals surface area contributed by atoms with Crippen LogP contribution in [0.2, 0.25) is 0 Å². The number of ether oxygens (including phenoxy) is 1. The highest BCUT2D eigenvalue weighted by Crippen LogP contribution is 2.30. The first-order chi connectivity index (χ1) is 9.20. The van der Waals surface area contributed by atoms with Crippen molar-refractivity contribution in [1.82, 2.24) is 0 Å². The van der Waals surface area contributed by atoms with Gasteiger partial charge in [0.15, 0.2) is 0 Å². The minimum Gasteiger partial charge on any atom is -0.457 e. The summed E-state index contributed by atoms with van der Waals surface area (Å²) in [5.41, 5.74) is 7.28. The van der Waals surface area contributed by atoms with Crippen molar-refractivity contribution in [2.45, 2.75) is 25.8 Å². The molecule has 100 valence electrons. The fourth-order valence-electron chi connectivity index (χ4n) is 1.96. The number of halogens is 1. The van der Waals surface area contributed by atoms with Crippen molar-refractivity contribution in [2.75, 3.05) is 0 Å². The molecule has 2 rings (SSSR count). The molecule has 2 aromatic rings. The normalized spacial score (nSPS) is 12.2. The molecule has 2 nitrogen and oxygen atoms in total. The van der Waals surface area contributed by atoms with Crippen molar-refractivity contribution in [3.8, 4) is 11.5 Å². The Morgan fingerprint density at radius 3 is 2.53 bits per heavy atom. The third-order valence-electron chi connectivity index (χ3n) is 2.95. The van der Waals surface area contributed by atoms with E-state index >= 15 is 0 Å². The van der Waals surface area contributed by atoms with Gasteiger partial charge in [-0.3, -0.25) is 0 Å². The molecule has 0 aliphatic rings. The summed E-state index contributed by atoms with van der Waals surface area (Å²) in [6.07, 6.45) is 2.03. The average Bonchev–Trinajstić information content (AvgIpc) is 2.42. The summed E-state index contributed by atoms with van der Waals surface area (Å²) in [6, 6.07) is 15.7. The lowest BCUT2D eigenvalue weighted by atomic mass is 10.0. The Hall–Kier alpha value is -1.32. The molecule has 0 fully saturated rings. The van der Waals surface area contributed by atoms with Gasteiger partial charge in [0.25, 0.3) is 0 Å². The first-order valence-corrected chi connectivity index (χ1v) is 7.28. The molecule has 0 spiro atoms. The van der Waals surface area contributed by atoms with Crippen molar-refractivity contribution < 1.29 is 4.74 Å². The van der Waals surface area contributed by atoms with Crippen molar-refractivity contribution in [3.05, 3.63) is 58.6 Å². The fourth-order valence-corrected chi connectivity index (χ4v) is 2.50. The Bertz CT molecular complexity index is 528. The minimum absolute atomic E-state index is 0.0405. The molecule has 2 N–H and O–H groups in total. The van der Waals surface area contributed by atoms with Gasteiger partial charge in [-0.15, -0.1) is 0 Å². The summed E-state index contributed by atoms with van der Waals surface area (Å²) >= 11 is 3.55. The molecule has 0 aliphatic heterocycles. The van der Waals surface area contributed by atoms with Crippen LogP contribution < -0.4 is 10.5 Å². The number of para-hydroxylation sites is 1. The van der Waals surface area contributed by atoms with Gasteiger partial charge >= 0.3 is 0 Å². The zero-order valence-electron chi connectivity index (χ0n) is 11.0. The fraction of sp³-hybridized carbons (Fsp3) is 0.250. The molecule has 0 bridgehead atoms. The Labute approximate surface area is 122 Å². The molecule has 0 saturated carbocycles. The van der Waals surface area contributed by atoms with Gasteiger partial charge in [0.05, 0.1) is 0 Å². The molecule has 0 saturated heterocycles. The summed E-state index contributed by atoms with van der Waals surface area (Å²) in [5, 5.41) is 0. The Morgan fingerprint density at radius 2 is 1.84 bits per heavy atom. The standard InChI is InChI=1S/C16H18BrNO/c1-2-6-16(18)14-11-13(9-10-15(14)17)19-12-7-4-3-5-8-12/h3-5,7-11,16H,2,6,18H2,1H3. The molecule has 1 unspecified atom stereocenters. The quantitative estimate of drug-likeness (QED) is 0.837. The van der Waals surface area contributed by atoms with Gasteiger partial charge in [-0.2, -0.15) is 0 Å². The van der Waals surface area contributed by atoms with Crippen LogP contribution in [0.1, 0.15) is 31.4 Å². The molecule has 3 heteroatoms. The van der Waals surface area contributed by atoms with Crippen LogP contribution in [-0.4, -0.2) is 0 Å². The van der Waals surface area contributed by atoms with Gasteiger partial charge in [0.2, 0.25) is 0 Å². The molecule has 0 aliphatic carbocycles. The summed E-state index contributed by atoms with van der Waals surface area (Å²) in [4.78, 5) is 0. The molecule has 19 heavy (non-hydrogen) atoms. The zero-order valence-corrected chi connectivity index (χ0v) is 12.6. The van der Waals surface area contributed by atoms with E-state index in [0.29, 0.717) is 0 Å². The van der Waals surface area contributed by atoms with Crippen LogP contribution >= 0.6 is 15.9 Å². The van der Waals surface area contributed by atoms with Crippen LogP contribution in [0.4, 0.5) is 0 Å². The van der Waals surface area contributed by atoms with E-state index in [1.807, 2.05) is 48.5 Å². The average molecular weight is 320 g/mol. The maximum atomic E-state index is 6.18. The van der Waals surface area contributed by atoms with Gasteiger partial charge in [-0.05, 0) is 42.3 Å². The Balaban J connectivity index is 2.21. The van der Waals surface area contributed by atoms with Crippen LogP contribution in [0.15, 0.2) is 53.0 Å². The van der Waals surface area contributed by atoms with Crippen LogP contribution in [0.25, 0.3) is 0 Å². The van der Waals surface area contributed by atoms with E-state index in [9.17, 15) is 0 Å². The molecule has 2 aromatic carbocycles. The minimum atomic E-state index is 0.0405. The lowest BCUT2D eigenvalue weighted by Gasteiger charge is -2.15. The molecule has 0 heterocycles. The van der Waals surface area contributed by atoms with E-state index in [1.54, 1.807) is 0 Å². The maximum Gasteiger partial charge on any atom is 0.127 e. The highest BCUT2D eigenvalue weighted by Gasteiger charge is 2.10. The SMILES string of the molecule is CCCC(N)c1cc(Oc2ccccc2)ccc1Br. The van der Waals surface area contributed by atoms with E-state index < -0.39 is 0 Å². The van der Waals surface area contributed by atoms with Gasteiger partial charge < -0.3 is 10.5 Å². The predicted octanol–water partition coefficient (Wildman–Crippen LogP) is 5.04. The summed E-state index contributed by atoms with van der Waals surface area (Å²) in [5.74, 6) is 1.65. The monoisotopic (exact) mass is 319 g/mol. The maximum absolute atomic E-state index is 6.18. The summed E-state index contributed by atoms with van der Waals surface area (Å²) in [7, 11) is 0. The predicted molar refractivity (Wildman–Crippen MR) is 82.5 cm³/mol. The van der Waals surface area contributed by atoms with E-state index in [1.165, 1.54) is 0 Å². The smallest absolute Gasteiger partial charge is 0.127 e. The van der Waals surface area contributed by atoms with Crippen LogP contribution in [-0.2, 0) is 0 Å². The number of hydrogen-bond acceptors (Lipinski definition) is 2. The molecule has 0 radical (unpaired) electrons. The first kappa shape index (κ1) is 14.1. The molecule has 0 amide bonds. The zero-order chi connectivity index (χ0) is 13.7. The van der Waals surface area contributed by atoms with Gasteiger partial charge in [-0.1, -0.05) is 47.5 Å². The number of nitrogens with two attached hydrogens (primary N) is 1. The topological polar surface area (TPSA) is 35.2 Å². The Morgan fingerprint density at radius 1 is 1.11 bits per heavy atom. The van der Waals surface area contributed by atoms with Crippen LogP contribution in [0, 0.1) is 0 Å². The number of hydrogen-bond donors (Lipinski definition) is 1. The lowest BCUT2D eigenvalue weighted by Crippen LogP contribution is -2.10. The van der Waals surface area contributed by atoms with Gasteiger partial charge in [-0.25, -0.2) is 0 Å². The van der Waals surface area contributed by atoms with Crippen LogP contribution in [0.5, 0.6) is 11.5 Å². The van der Waals surface area contributed by atoms with Crippen LogP contribution in [0.3, 0.4) is 0 Å². The molecule has 0 aromatic heterocycles. The first-order valence-electron chi connectivity index (χ1n) is 6.48. The molecular formula is C16H18BrNO. The highest BCUT2D eigenvalue weighted by atomic mass is 79.9. The second kappa shape index (κ2) is 6.73. The summed E-state index contributed by atoms with van der Waals surface area (Å²) in [6.45, 7) is 2.14. The second-order valence-corrected chi connectivity index (χ2v) is 5.35. The largest absolute Gasteiger partial charge is 0.457 e. The summed E-state index contributed by atoms with van der Waals surface area (Å²) < 4.78 is 6.86. The molecular weight excluding hydrogens is 302 g/mol. The van der Waals surface area contributed by atoms with Crippen molar-refractivity contribution in [3.63, 3.8) is 0 Å². The Kier molecular flexibility index (Phi) is 5.00. The molecule has 1 atom stereocenters. The van der Waals surface area contributed by atoms with E-state index in [0.717, 1.165) is 34.4 Å². The van der Waals surface area contributed by atoms with Gasteiger partial charge in [0.1, 0.15) is 11.5 Å². The highest BCUT2D eigenvalue weighted by molar-refractivity contribution is 9.10. The second-order valence-electron chi connectivity index (χ2n) is 4.49. The van der Waals surface area contributed by atoms with Crippen molar-refractivity contribution in [2.24, 2.45) is 5.73 Å². The lowest BCUT2D eigenvalue weighted by molar-refractivity contribution is 0.480. The number of benzene rings is 2.